The van der Waals surface area contributed by atoms with Crippen molar-refractivity contribution in [3.8, 4) is 0 Å². The molecule has 2 fully saturated rings. The van der Waals surface area contributed by atoms with Gasteiger partial charge in [-0.1, -0.05) is 36.9 Å². The van der Waals surface area contributed by atoms with Gasteiger partial charge in [0.25, 0.3) is 0 Å². The smallest absolute Gasteiger partial charge is 0.189 e. The summed E-state index contributed by atoms with van der Waals surface area (Å²) in [5.74, 6) is 0.302. The summed E-state index contributed by atoms with van der Waals surface area (Å²) in [7, 11) is 0. The second-order valence-corrected chi connectivity index (χ2v) is 6.45. The van der Waals surface area contributed by atoms with Gasteiger partial charge in [0.15, 0.2) is 5.96 Å². The summed E-state index contributed by atoms with van der Waals surface area (Å²) in [4.78, 5) is 4.48. The molecule has 0 spiro atoms. The van der Waals surface area contributed by atoms with Crippen LogP contribution in [-0.2, 0) is 0 Å². The number of guanidine groups is 1. The van der Waals surface area contributed by atoms with Crippen molar-refractivity contribution in [3.05, 3.63) is 34.6 Å². The van der Waals surface area contributed by atoms with Crippen LogP contribution in [0.5, 0.6) is 0 Å². The van der Waals surface area contributed by atoms with Crippen LogP contribution in [0, 0.1) is 5.82 Å². The molecular formula is C16H21ClFN3. The number of aliphatic imine (C=N–C) groups is 1. The normalized spacial score (nSPS) is 26.7. The van der Waals surface area contributed by atoms with Gasteiger partial charge >= 0.3 is 0 Å². The predicted octanol–water partition coefficient (Wildman–Crippen LogP) is 3.57. The maximum Gasteiger partial charge on any atom is 0.189 e. The summed E-state index contributed by atoms with van der Waals surface area (Å²) in [5.41, 5.74) is 6.56. The van der Waals surface area contributed by atoms with Crippen LogP contribution in [0.4, 0.5) is 4.39 Å². The van der Waals surface area contributed by atoms with Gasteiger partial charge in [-0.15, -0.1) is 0 Å². The third-order valence-corrected chi connectivity index (χ3v) is 4.72. The van der Waals surface area contributed by atoms with Gasteiger partial charge in [0.05, 0.1) is 6.04 Å². The Hall–Kier alpha value is -1.29. The number of hydrogen-bond acceptors (Lipinski definition) is 1. The van der Waals surface area contributed by atoms with Crippen LogP contribution < -0.4 is 11.1 Å². The van der Waals surface area contributed by atoms with Gasteiger partial charge in [-0.2, -0.15) is 0 Å². The number of nitrogens with two attached hydrogens (primary N) is 1. The molecule has 3 nitrogen and oxygen atoms in total. The summed E-state index contributed by atoms with van der Waals surface area (Å²) < 4.78 is 13.8. The molecule has 1 aromatic carbocycles. The number of benzene rings is 1. The van der Waals surface area contributed by atoms with Crippen molar-refractivity contribution >= 4 is 17.6 Å². The topological polar surface area (TPSA) is 50.4 Å². The summed E-state index contributed by atoms with van der Waals surface area (Å²) >= 11 is 6.09. The minimum Gasteiger partial charge on any atom is -0.370 e. The van der Waals surface area contributed by atoms with Gasteiger partial charge in [-0.25, -0.2) is 9.38 Å². The van der Waals surface area contributed by atoms with E-state index in [0.29, 0.717) is 22.6 Å². The average molecular weight is 310 g/mol. The lowest BCUT2D eigenvalue weighted by Gasteiger charge is -2.23. The number of nitrogens with one attached hydrogen (secondary N) is 1. The second-order valence-electron chi connectivity index (χ2n) is 6.04. The van der Waals surface area contributed by atoms with E-state index in [1.165, 1.54) is 25.3 Å². The minimum absolute atomic E-state index is 0.0514. The van der Waals surface area contributed by atoms with E-state index in [4.69, 9.17) is 17.3 Å². The quantitative estimate of drug-likeness (QED) is 0.662. The van der Waals surface area contributed by atoms with Crippen LogP contribution in [0.25, 0.3) is 0 Å². The van der Waals surface area contributed by atoms with Crippen LogP contribution in [0.2, 0.25) is 5.02 Å². The van der Waals surface area contributed by atoms with Gasteiger partial charge in [0.1, 0.15) is 5.82 Å². The molecule has 0 aromatic heterocycles. The van der Waals surface area contributed by atoms with E-state index in [2.05, 4.69) is 10.3 Å². The number of hydrogen-bond donors (Lipinski definition) is 2. The summed E-state index contributed by atoms with van der Waals surface area (Å²) in [6.07, 6.45) is 6.94. The number of nitrogens with zero attached hydrogens (tertiary/aromatic N) is 1. The molecule has 2 aliphatic rings. The van der Waals surface area contributed by atoms with Crippen LogP contribution in [0.3, 0.4) is 0 Å². The largest absolute Gasteiger partial charge is 0.370 e. The molecule has 0 heterocycles. The Morgan fingerprint density at radius 2 is 2.05 bits per heavy atom. The van der Waals surface area contributed by atoms with Gasteiger partial charge in [-0.05, 0) is 31.4 Å². The third-order valence-electron chi connectivity index (χ3n) is 4.39. The van der Waals surface area contributed by atoms with Crippen molar-refractivity contribution < 1.29 is 4.39 Å². The molecule has 2 saturated carbocycles. The SMILES string of the molecule is NC(=NC1CC1c1c(F)cccc1Cl)NC1CCCCC1. The lowest BCUT2D eigenvalue weighted by Crippen LogP contribution is -2.41. The number of halogens is 2. The fraction of sp³-hybridized carbons (Fsp3) is 0.562. The Kier molecular flexibility index (Phi) is 4.34. The highest BCUT2D eigenvalue weighted by atomic mass is 35.5. The average Bonchev–Trinajstić information content (AvgIpc) is 3.18. The van der Waals surface area contributed by atoms with Crippen molar-refractivity contribution in [2.75, 3.05) is 0 Å². The van der Waals surface area contributed by atoms with Crippen molar-refractivity contribution in [2.24, 2.45) is 10.7 Å². The summed E-state index contributed by atoms with van der Waals surface area (Å²) in [6, 6.07) is 5.29. The van der Waals surface area contributed by atoms with E-state index >= 15 is 0 Å². The monoisotopic (exact) mass is 309 g/mol. The van der Waals surface area contributed by atoms with Gasteiger partial charge < -0.3 is 11.1 Å². The molecular weight excluding hydrogens is 289 g/mol. The molecule has 3 rings (SSSR count). The molecule has 114 valence electrons. The Bertz CT molecular complexity index is 520. The Morgan fingerprint density at radius 3 is 2.76 bits per heavy atom. The highest BCUT2D eigenvalue weighted by molar-refractivity contribution is 6.31. The lowest BCUT2D eigenvalue weighted by atomic mass is 9.96. The lowest BCUT2D eigenvalue weighted by molar-refractivity contribution is 0.412. The molecule has 2 atom stereocenters. The first-order valence-electron chi connectivity index (χ1n) is 7.69. The van der Waals surface area contributed by atoms with Crippen molar-refractivity contribution in [1.29, 1.82) is 0 Å². The first-order valence-corrected chi connectivity index (χ1v) is 8.06. The summed E-state index contributed by atoms with van der Waals surface area (Å²) in [5, 5.41) is 3.78. The van der Waals surface area contributed by atoms with Crippen LogP contribution in [0.1, 0.15) is 50.0 Å². The van der Waals surface area contributed by atoms with Gasteiger partial charge in [-0.3, -0.25) is 0 Å². The van der Waals surface area contributed by atoms with Crippen LogP contribution >= 0.6 is 11.6 Å². The fourth-order valence-electron chi connectivity index (χ4n) is 3.17. The number of rotatable bonds is 3. The molecule has 21 heavy (non-hydrogen) atoms. The Morgan fingerprint density at radius 1 is 1.29 bits per heavy atom. The zero-order valence-corrected chi connectivity index (χ0v) is 12.7. The molecule has 0 radical (unpaired) electrons. The van der Waals surface area contributed by atoms with E-state index in [9.17, 15) is 4.39 Å². The highest BCUT2D eigenvalue weighted by Gasteiger charge is 2.41. The van der Waals surface area contributed by atoms with E-state index in [1.807, 2.05) is 0 Å². The zero-order chi connectivity index (χ0) is 14.8. The van der Waals surface area contributed by atoms with Crippen molar-refractivity contribution in [1.82, 2.24) is 5.32 Å². The van der Waals surface area contributed by atoms with Crippen molar-refractivity contribution in [2.45, 2.75) is 56.5 Å². The van der Waals surface area contributed by atoms with Crippen LogP contribution in [0.15, 0.2) is 23.2 Å². The van der Waals surface area contributed by atoms with Crippen LogP contribution in [-0.4, -0.2) is 18.0 Å². The van der Waals surface area contributed by atoms with E-state index in [-0.39, 0.29) is 17.8 Å². The maximum absolute atomic E-state index is 13.8. The molecule has 5 heteroatoms. The predicted molar refractivity (Wildman–Crippen MR) is 84.2 cm³/mol. The zero-order valence-electron chi connectivity index (χ0n) is 12.0. The minimum atomic E-state index is -0.246. The first-order chi connectivity index (χ1) is 10.1. The van der Waals surface area contributed by atoms with E-state index < -0.39 is 0 Å². The highest BCUT2D eigenvalue weighted by Crippen LogP contribution is 2.47. The van der Waals surface area contributed by atoms with E-state index in [1.54, 1.807) is 12.1 Å². The molecule has 0 amide bonds. The first kappa shape index (κ1) is 14.6. The molecule has 3 N–H and O–H groups in total. The Balaban J connectivity index is 1.61. The molecule has 2 aliphatic carbocycles. The second kappa shape index (κ2) is 6.22. The van der Waals surface area contributed by atoms with Gasteiger partial charge in [0, 0.05) is 22.5 Å². The maximum atomic E-state index is 13.8. The van der Waals surface area contributed by atoms with E-state index in [0.717, 1.165) is 19.3 Å². The third kappa shape index (κ3) is 3.49. The fourth-order valence-corrected chi connectivity index (χ4v) is 3.47. The molecule has 1 aromatic rings. The Labute approximate surface area is 129 Å². The summed E-state index contributed by atoms with van der Waals surface area (Å²) in [6.45, 7) is 0. The standard InChI is InChI=1S/C16H21ClFN3/c17-12-7-4-8-13(18)15(12)11-9-14(11)21-16(19)20-10-5-2-1-3-6-10/h4,7-8,10-11,14H,1-3,5-6,9H2,(H3,19,20,21). The molecule has 2 unspecified atom stereocenters. The molecule has 0 aliphatic heterocycles. The van der Waals surface area contributed by atoms with Gasteiger partial charge in [0.2, 0.25) is 0 Å². The molecule has 0 bridgehead atoms. The molecule has 0 saturated heterocycles. The van der Waals surface area contributed by atoms with Crippen molar-refractivity contribution in [3.63, 3.8) is 0 Å².